The molecule has 9 heteroatoms. The fourth-order valence-corrected chi connectivity index (χ4v) is 2.65. The molecule has 9 nitrogen and oxygen atoms in total. The van der Waals surface area contributed by atoms with Crippen LogP contribution in [0.5, 0.6) is 0 Å². The van der Waals surface area contributed by atoms with Gasteiger partial charge in [0.2, 0.25) is 5.91 Å². The minimum absolute atomic E-state index is 0.148. The van der Waals surface area contributed by atoms with Crippen molar-refractivity contribution in [3.63, 3.8) is 0 Å². The molecule has 0 fully saturated rings. The van der Waals surface area contributed by atoms with Gasteiger partial charge in [0.1, 0.15) is 6.04 Å². The molecule has 0 aliphatic carbocycles. The summed E-state index contributed by atoms with van der Waals surface area (Å²) in [4.78, 5) is 34.9. The summed E-state index contributed by atoms with van der Waals surface area (Å²) in [6, 6.07) is 4.51. The molecule has 0 radical (unpaired) electrons. The quantitative estimate of drug-likeness (QED) is 0.221. The molecule has 0 spiro atoms. The maximum Gasteiger partial charge on any atom is 0.271 e. The molecule has 0 heterocycles. The van der Waals surface area contributed by atoms with Crippen molar-refractivity contribution < 1.29 is 29.8 Å². The summed E-state index contributed by atoms with van der Waals surface area (Å²) < 4.78 is 0. The number of rotatable bonds is 12. The Bertz CT molecular complexity index is 619. The van der Waals surface area contributed by atoms with E-state index >= 15 is 0 Å². The van der Waals surface area contributed by atoms with Crippen molar-refractivity contribution in [2.24, 2.45) is 0 Å². The number of quaternary nitrogens is 2. The first-order valence-corrected chi connectivity index (χ1v) is 8.79. The Hall–Kier alpha value is -2.52. The van der Waals surface area contributed by atoms with Crippen molar-refractivity contribution in [1.82, 2.24) is 0 Å². The van der Waals surface area contributed by atoms with Crippen LogP contribution in [0.25, 0.3) is 0 Å². The maximum absolute atomic E-state index is 12.0. The van der Waals surface area contributed by atoms with Crippen LogP contribution in [0.1, 0.15) is 26.7 Å². The monoisotopic (exact) mass is 367 g/mol. The van der Waals surface area contributed by atoms with Gasteiger partial charge in [-0.25, -0.2) is 0 Å². The fraction of sp³-hybridized carbons (Fsp3) is 0.529. The van der Waals surface area contributed by atoms with Crippen LogP contribution in [0.2, 0.25) is 0 Å². The lowest BCUT2D eigenvalue weighted by molar-refractivity contribution is -0.898. The number of non-ortho nitro benzene ring substituents is 1. The van der Waals surface area contributed by atoms with Crippen molar-refractivity contribution in [1.29, 1.82) is 0 Å². The molecule has 4 N–H and O–H groups in total. The number of carboxylic acids is 1. The van der Waals surface area contributed by atoms with Gasteiger partial charge < -0.3 is 25.4 Å². The zero-order valence-electron chi connectivity index (χ0n) is 15.2. The second-order valence-corrected chi connectivity index (χ2v) is 6.07. The molecular formula is C17H27N4O5+. The molecule has 1 atom stereocenters. The smallest absolute Gasteiger partial charge is 0.271 e. The van der Waals surface area contributed by atoms with E-state index in [4.69, 9.17) is 0 Å². The van der Waals surface area contributed by atoms with Crippen molar-refractivity contribution in [2.45, 2.75) is 32.7 Å². The maximum atomic E-state index is 12.0. The van der Waals surface area contributed by atoms with Gasteiger partial charge in [-0.1, -0.05) is 6.07 Å². The number of amides is 1. The van der Waals surface area contributed by atoms with E-state index in [2.05, 4.69) is 19.2 Å². The lowest BCUT2D eigenvalue weighted by atomic mass is 10.2. The van der Waals surface area contributed by atoms with Crippen LogP contribution in [0.3, 0.4) is 0 Å². The SMILES string of the molecule is CC[NH+](CC)CCC[NH2+][C@H](CC(=O)Nc1cccc([N+](=O)[O-])c1)C(=O)[O-]. The average Bonchev–Trinajstić information content (AvgIpc) is 2.60. The number of hydrogen-bond donors (Lipinski definition) is 3. The predicted octanol–water partition coefficient (Wildman–Crippen LogP) is -2.08. The second kappa shape index (κ2) is 11.2. The van der Waals surface area contributed by atoms with E-state index in [-0.39, 0.29) is 17.8 Å². The van der Waals surface area contributed by atoms with Crippen LogP contribution in [-0.4, -0.2) is 49.0 Å². The van der Waals surface area contributed by atoms with E-state index < -0.39 is 22.8 Å². The van der Waals surface area contributed by atoms with Crippen LogP contribution in [-0.2, 0) is 9.59 Å². The fourth-order valence-electron chi connectivity index (χ4n) is 2.65. The summed E-state index contributed by atoms with van der Waals surface area (Å²) in [7, 11) is 0. The van der Waals surface area contributed by atoms with Crippen LogP contribution < -0.4 is 20.6 Å². The number of carbonyl (C=O) groups excluding carboxylic acids is 2. The molecule has 0 aliphatic heterocycles. The summed E-state index contributed by atoms with van der Waals surface area (Å²) in [5.41, 5.74) is 0.108. The molecule has 1 aromatic carbocycles. The van der Waals surface area contributed by atoms with E-state index in [1.54, 1.807) is 5.32 Å². The molecule has 0 aromatic heterocycles. The number of nitrogens with zero attached hydrogens (tertiary/aromatic N) is 1. The normalized spacial score (nSPS) is 12.0. The van der Waals surface area contributed by atoms with E-state index in [1.165, 1.54) is 29.2 Å². The molecule has 0 saturated carbocycles. The third-order valence-corrected chi connectivity index (χ3v) is 4.23. The summed E-state index contributed by atoms with van der Waals surface area (Å²) in [5, 5.41) is 26.1. The Kier molecular flexibility index (Phi) is 9.24. The molecule has 1 rings (SSSR count). The molecule has 0 unspecified atom stereocenters. The summed E-state index contributed by atoms with van der Waals surface area (Å²) in [6.45, 7) is 7.78. The highest BCUT2D eigenvalue weighted by Crippen LogP contribution is 2.17. The van der Waals surface area contributed by atoms with E-state index in [9.17, 15) is 24.8 Å². The van der Waals surface area contributed by atoms with Crippen LogP contribution >= 0.6 is 0 Å². The van der Waals surface area contributed by atoms with E-state index in [0.29, 0.717) is 6.54 Å². The zero-order chi connectivity index (χ0) is 19.5. The van der Waals surface area contributed by atoms with Crippen molar-refractivity contribution >= 4 is 23.3 Å². The predicted molar refractivity (Wildman–Crippen MR) is 93.5 cm³/mol. The molecule has 144 valence electrons. The highest BCUT2D eigenvalue weighted by atomic mass is 16.6. The van der Waals surface area contributed by atoms with Crippen molar-refractivity contribution in [3.8, 4) is 0 Å². The molecule has 0 saturated heterocycles. The van der Waals surface area contributed by atoms with Gasteiger partial charge in [0.05, 0.1) is 43.5 Å². The van der Waals surface area contributed by atoms with E-state index in [1.807, 2.05) is 0 Å². The van der Waals surface area contributed by atoms with Crippen LogP contribution in [0, 0.1) is 10.1 Å². The molecule has 0 aliphatic rings. The third kappa shape index (κ3) is 7.58. The Morgan fingerprint density at radius 2 is 2.00 bits per heavy atom. The van der Waals surface area contributed by atoms with Gasteiger partial charge in [0, 0.05) is 24.2 Å². The van der Waals surface area contributed by atoms with E-state index in [0.717, 1.165) is 26.1 Å². The lowest BCUT2D eigenvalue weighted by Crippen LogP contribution is -3.11. The third-order valence-electron chi connectivity index (χ3n) is 4.23. The Balaban J connectivity index is 2.51. The second-order valence-electron chi connectivity index (χ2n) is 6.07. The van der Waals surface area contributed by atoms with Gasteiger partial charge in [0.15, 0.2) is 0 Å². The standard InChI is InChI=1S/C17H26N4O5/c1-3-20(4-2)10-6-9-18-15(17(23)24)12-16(22)19-13-7-5-8-14(11-13)21(25)26/h5,7-8,11,15,18H,3-4,6,9-10,12H2,1-2H3,(H,19,22)(H,23,24)/p+1/t15-/m1/s1. The molecular weight excluding hydrogens is 340 g/mol. The zero-order valence-corrected chi connectivity index (χ0v) is 15.2. The van der Waals surface area contributed by atoms with Gasteiger partial charge >= 0.3 is 0 Å². The first-order valence-electron chi connectivity index (χ1n) is 8.79. The highest BCUT2D eigenvalue weighted by molar-refractivity contribution is 5.93. The molecule has 1 aromatic rings. The topological polar surface area (TPSA) is 133 Å². The van der Waals surface area contributed by atoms with Crippen LogP contribution in [0.4, 0.5) is 11.4 Å². The minimum Gasteiger partial charge on any atom is -0.544 e. The average molecular weight is 367 g/mol. The number of aliphatic carboxylic acids is 1. The van der Waals surface area contributed by atoms with Gasteiger partial charge in [-0.3, -0.25) is 14.9 Å². The number of benzene rings is 1. The first kappa shape index (κ1) is 21.5. The first-order chi connectivity index (χ1) is 12.4. The summed E-state index contributed by atoms with van der Waals surface area (Å²) in [6.07, 6.45) is 0.580. The van der Waals surface area contributed by atoms with Crippen molar-refractivity contribution in [2.75, 3.05) is 31.5 Å². The number of hydrogen-bond acceptors (Lipinski definition) is 5. The van der Waals surface area contributed by atoms with Crippen LogP contribution in [0.15, 0.2) is 24.3 Å². The van der Waals surface area contributed by atoms with Gasteiger partial charge in [-0.15, -0.1) is 0 Å². The summed E-state index contributed by atoms with van der Waals surface area (Å²) in [5.74, 6) is -1.82. The Morgan fingerprint density at radius 1 is 1.31 bits per heavy atom. The van der Waals surface area contributed by atoms with Gasteiger partial charge in [-0.2, -0.15) is 0 Å². The van der Waals surface area contributed by atoms with Gasteiger partial charge in [0.25, 0.3) is 5.69 Å². The molecule has 0 bridgehead atoms. The number of nitrogens with two attached hydrogens (primary N) is 1. The number of carboxylic acid groups (broad SMARTS) is 1. The minimum atomic E-state index is -1.30. The summed E-state index contributed by atoms with van der Waals surface area (Å²) >= 11 is 0. The largest absolute Gasteiger partial charge is 0.544 e. The molecule has 1 amide bonds. The number of nitro groups is 1. The number of nitro benzene ring substituents is 1. The molecule has 26 heavy (non-hydrogen) atoms. The highest BCUT2D eigenvalue weighted by Gasteiger charge is 2.19. The van der Waals surface area contributed by atoms with Gasteiger partial charge in [-0.05, 0) is 19.9 Å². The Labute approximate surface area is 152 Å². The lowest BCUT2D eigenvalue weighted by Gasteiger charge is -2.18. The van der Waals surface area contributed by atoms with Crippen molar-refractivity contribution in [3.05, 3.63) is 34.4 Å². The number of nitrogens with one attached hydrogen (secondary N) is 2. The number of carbonyl (C=O) groups is 2. The number of anilines is 1. The Morgan fingerprint density at radius 3 is 2.58 bits per heavy atom.